The Balaban J connectivity index is 1.37. The van der Waals surface area contributed by atoms with Crippen molar-refractivity contribution in [3.8, 4) is 0 Å². The number of nitrogens with one attached hydrogen (secondary N) is 1. The first-order chi connectivity index (χ1) is 19.8. The number of pyridine rings is 1. The lowest BCUT2D eigenvalue weighted by atomic mass is 10.1. The lowest BCUT2D eigenvalue weighted by molar-refractivity contribution is 0.450. The first kappa shape index (κ1) is 34.4. The average Bonchev–Trinajstić information content (AvgIpc) is 2.98. The van der Waals surface area contributed by atoms with E-state index in [2.05, 4.69) is 77.7 Å². The fourth-order valence-electron chi connectivity index (χ4n) is 5.43. The number of nitrogens with zero attached hydrogens (tertiary/aromatic N) is 3. The topological polar surface area (TPSA) is 32.6 Å². The average molecular weight is 553 g/mol. The van der Waals surface area contributed by atoms with E-state index < -0.39 is 0 Å². The molecule has 0 atom stereocenters. The van der Waals surface area contributed by atoms with Gasteiger partial charge in [-0.2, -0.15) is 0 Å². The van der Waals surface area contributed by atoms with Crippen LogP contribution in [0.4, 0.5) is 0 Å². The van der Waals surface area contributed by atoms with E-state index in [4.69, 9.17) is 4.99 Å². The van der Waals surface area contributed by atoms with Crippen LogP contribution in [0.5, 0.6) is 0 Å². The van der Waals surface area contributed by atoms with Crippen LogP contribution >= 0.6 is 0 Å². The van der Waals surface area contributed by atoms with Crippen molar-refractivity contribution in [1.82, 2.24) is 14.8 Å². The summed E-state index contributed by atoms with van der Waals surface area (Å²) >= 11 is 0. The highest BCUT2D eigenvalue weighted by atomic mass is 15.1. The highest BCUT2D eigenvalue weighted by Crippen LogP contribution is 2.12. The van der Waals surface area contributed by atoms with Crippen LogP contribution in [0.25, 0.3) is 0 Å². The maximum atomic E-state index is 4.74. The predicted molar refractivity (Wildman–Crippen MR) is 175 cm³/mol. The second-order valence-electron chi connectivity index (χ2n) is 11.9. The molecule has 2 rings (SSSR count). The molecular formula is C36H64N4. The van der Waals surface area contributed by atoms with Crippen LogP contribution in [-0.4, -0.2) is 35.1 Å². The molecule has 228 valence electrons. The van der Waals surface area contributed by atoms with E-state index in [9.17, 15) is 0 Å². The Morgan fingerprint density at radius 1 is 0.600 bits per heavy atom. The minimum Gasteiger partial charge on any atom is -0.355 e. The molecule has 0 bridgehead atoms. The molecule has 0 amide bonds. The predicted octanol–water partition coefficient (Wildman–Crippen LogP) is 9.53. The van der Waals surface area contributed by atoms with E-state index >= 15 is 0 Å². The van der Waals surface area contributed by atoms with E-state index in [-0.39, 0.29) is 0 Å². The molecule has 1 aliphatic rings. The maximum absolute atomic E-state index is 4.74. The summed E-state index contributed by atoms with van der Waals surface area (Å²) < 4.78 is 2.32. The summed E-state index contributed by atoms with van der Waals surface area (Å²) in [6.45, 7) is 8.94. The summed E-state index contributed by atoms with van der Waals surface area (Å²) in [6, 6.07) is 4.78. The zero-order valence-corrected chi connectivity index (χ0v) is 26.5. The molecule has 1 aliphatic heterocycles. The molecule has 0 saturated carbocycles. The van der Waals surface area contributed by atoms with Crippen LogP contribution in [0.1, 0.15) is 142 Å². The number of hydrogen-bond acceptors (Lipinski definition) is 3. The highest BCUT2D eigenvalue weighted by Gasteiger charge is 2.06. The van der Waals surface area contributed by atoms with Gasteiger partial charge in [0.1, 0.15) is 0 Å². The molecular weight excluding hydrogens is 488 g/mol. The molecule has 0 aliphatic carbocycles. The van der Waals surface area contributed by atoms with Gasteiger partial charge in [-0.3, -0.25) is 4.99 Å². The van der Waals surface area contributed by atoms with Crippen molar-refractivity contribution >= 4 is 0 Å². The smallest absolute Gasteiger partial charge is 0.0603 e. The van der Waals surface area contributed by atoms with Crippen molar-refractivity contribution in [3.63, 3.8) is 0 Å². The molecule has 0 unspecified atom stereocenters. The standard InChI is InChI=1S/C36H64N4/c1-3-5-7-9-15-19-27-37-35-23-31-39(32-24-35)29-21-17-13-11-12-14-18-22-30-40-33-25-36(26-34-40)38-28-20-16-10-8-6-4-2/h23-26,31-35,37H,3-22,27-30H2,1-2H3. The van der Waals surface area contributed by atoms with Gasteiger partial charge >= 0.3 is 0 Å². The van der Waals surface area contributed by atoms with Gasteiger partial charge in [0, 0.05) is 50.5 Å². The minimum atomic E-state index is 0.417. The molecule has 2 heterocycles. The summed E-state index contributed by atoms with van der Waals surface area (Å²) in [5.74, 6) is 0. The Morgan fingerprint density at radius 3 is 1.70 bits per heavy atom. The van der Waals surface area contributed by atoms with E-state index in [0.717, 1.165) is 31.5 Å². The van der Waals surface area contributed by atoms with Crippen molar-refractivity contribution in [2.45, 2.75) is 155 Å². The number of hydrogen-bond donors (Lipinski definition) is 1. The molecule has 4 nitrogen and oxygen atoms in total. The largest absolute Gasteiger partial charge is 0.355 e. The van der Waals surface area contributed by atoms with E-state index in [0.29, 0.717) is 6.04 Å². The van der Waals surface area contributed by atoms with Gasteiger partial charge in [-0.05, 0) is 56.5 Å². The van der Waals surface area contributed by atoms with Crippen LogP contribution in [0.2, 0.25) is 0 Å². The van der Waals surface area contributed by atoms with Crippen LogP contribution in [0, 0.1) is 0 Å². The van der Waals surface area contributed by atoms with Crippen LogP contribution in [-0.2, 0) is 6.54 Å². The van der Waals surface area contributed by atoms with Crippen LogP contribution in [0.15, 0.2) is 54.1 Å². The Hall–Kier alpha value is -1.81. The van der Waals surface area contributed by atoms with E-state index in [1.54, 1.807) is 0 Å². The summed E-state index contributed by atoms with van der Waals surface area (Å²) in [6.07, 6.45) is 40.6. The van der Waals surface area contributed by atoms with Gasteiger partial charge < -0.3 is 14.8 Å². The number of unbranched alkanes of at least 4 members (excludes halogenated alkanes) is 17. The van der Waals surface area contributed by atoms with Crippen molar-refractivity contribution in [1.29, 1.82) is 0 Å². The van der Waals surface area contributed by atoms with E-state index in [1.807, 2.05) is 0 Å². The molecule has 0 saturated heterocycles. The molecule has 4 heteroatoms. The fourth-order valence-corrected chi connectivity index (χ4v) is 5.43. The summed E-state index contributed by atoms with van der Waals surface area (Å²) in [5, 5.41) is 4.79. The van der Waals surface area contributed by atoms with Crippen LogP contribution in [0.3, 0.4) is 0 Å². The first-order valence-corrected chi connectivity index (χ1v) is 17.3. The van der Waals surface area contributed by atoms with Crippen molar-refractivity contribution < 1.29 is 0 Å². The molecule has 1 aromatic rings. The number of aryl methyl sites for hydroxylation is 1. The zero-order valence-electron chi connectivity index (χ0n) is 26.5. The van der Waals surface area contributed by atoms with Gasteiger partial charge in [-0.15, -0.1) is 0 Å². The quantitative estimate of drug-likeness (QED) is 0.116. The monoisotopic (exact) mass is 553 g/mol. The van der Waals surface area contributed by atoms with Gasteiger partial charge in [0.2, 0.25) is 0 Å². The maximum Gasteiger partial charge on any atom is 0.0603 e. The zero-order chi connectivity index (χ0) is 28.4. The van der Waals surface area contributed by atoms with Gasteiger partial charge in [-0.1, -0.05) is 117 Å². The highest BCUT2D eigenvalue weighted by molar-refractivity contribution is 5.12. The van der Waals surface area contributed by atoms with Gasteiger partial charge in [-0.25, -0.2) is 0 Å². The molecule has 1 N–H and O–H groups in total. The molecule has 0 aromatic carbocycles. The van der Waals surface area contributed by atoms with Gasteiger partial charge in [0.05, 0.1) is 5.36 Å². The van der Waals surface area contributed by atoms with Crippen molar-refractivity contribution in [2.75, 3.05) is 19.6 Å². The molecule has 0 radical (unpaired) electrons. The first-order valence-electron chi connectivity index (χ1n) is 17.3. The van der Waals surface area contributed by atoms with Crippen molar-refractivity contribution in [2.24, 2.45) is 4.99 Å². The van der Waals surface area contributed by atoms with Gasteiger partial charge in [0.15, 0.2) is 0 Å². The number of rotatable bonds is 26. The van der Waals surface area contributed by atoms with Crippen molar-refractivity contribution in [3.05, 3.63) is 54.4 Å². The number of aromatic nitrogens is 1. The van der Waals surface area contributed by atoms with Crippen LogP contribution < -0.4 is 10.7 Å². The molecule has 40 heavy (non-hydrogen) atoms. The summed E-state index contributed by atoms with van der Waals surface area (Å²) in [5.41, 5.74) is 0. The summed E-state index contributed by atoms with van der Waals surface area (Å²) in [4.78, 5) is 7.10. The Kier molecular flexibility index (Phi) is 21.4. The fraction of sp³-hybridized carbons (Fsp3) is 0.750. The molecule has 0 fully saturated rings. The lowest BCUT2D eigenvalue weighted by Crippen LogP contribution is -2.29. The third kappa shape index (κ3) is 18.5. The molecule has 0 spiro atoms. The second kappa shape index (κ2) is 24.9. The second-order valence-corrected chi connectivity index (χ2v) is 11.9. The Labute approximate surface area is 248 Å². The molecule has 1 aromatic heterocycles. The summed E-state index contributed by atoms with van der Waals surface area (Å²) in [7, 11) is 0. The third-order valence-electron chi connectivity index (χ3n) is 8.14. The third-order valence-corrected chi connectivity index (χ3v) is 8.14. The minimum absolute atomic E-state index is 0.417. The normalized spacial score (nSPS) is 13.4. The Bertz CT molecular complexity index is 790. The Morgan fingerprint density at radius 2 is 1.10 bits per heavy atom. The SMILES string of the molecule is CCCCCCCCN=c1ccn(CCCCCCCCCCN2C=CC(NCCCCCCCC)C=C2)cc1. The van der Waals surface area contributed by atoms with E-state index in [1.165, 1.54) is 128 Å². The lowest BCUT2D eigenvalue weighted by Gasteiger charge is -2.22. The van der Waals surface area contributed by atoms with Gasteiger partial charge in [0.25, 0.3) is 0 Å².